The Kier molecular flexibility index (Phi) is 6.61. The third kappa shape index (κ3) is 5.10. The number of aliphatic imine (C=N–C) groups is 1. The predicted molar refractivity (Wildman–Crippen MR) is 117 cm³/mol. The number of hydrogen-bond donors (Lipinski definition) is 1. The second-order valence-corrected chi connectivity index (χ2v) is 8.37. The Balaban J connectivity index is 0.000000216. The molecule has 1 aromatic heterocycles. The van der Waals surface area contributed by atoms with Crippen molar-refractivity contribution in [3.8, 4) is 0 Å². The molecule has 2 N–H and O–H groups in total. The second-order valence-electron chi connectivity index (χ2n) is 6.37. The van der Waals surface area contributed by atoms with E-state index in [2.05, 4.69) is 9.98 Å². The van der Waals surface area contributed by atoms with E-state index in [0.717, 1.165) is 22.5 Å². The van der Waals surface area contributed by atoms with Crippen molar-refractivity contribution in [1.29, 1.82) is 0 Å². The highest BCUT2D eigenvalue weighted by molar-refractivity contribution is 7.89. The Hall–Kier alpha value is -3.07. The summed E-state index contributed by atoms with van der Waals surface area (Å²) in [6.45, 7) is 0.146. The van der Waals surface area contributed by atoms with Crippen LogP contribution in [0.15, 0.2) is 82.9 Å². The number of sulfonamides is 1. The molecule has 1 aliphatic heterocycles. The van der Waals surface area contributed by atoms with Crippen LogP contribution in [0.2, 0.25) is 5.02 Å². The number of pyridine rings is 1. The van der Waals surface area contributed by atoms with Crippen LogP contribution in [-0.2, 0) is 14.8 Å². The van der Waals surface area contributed by atoms with Gasteiger partial charge in [-0.1, -0.05) is 41.9 Å². The molecule has 9 heteroatoms. The minimum absolute atomic E-state index is 0.0282. The average molecular weight is 443 g/mol. The Morgan fingerprint density at radius 1 is 1.03 bits per heavy atom. The number of primary sulfonamides is 1. The molecular formula is C21H19ClN4O3S. The van der Waals surface area contributed by atoms with Gasteiger partial charge in [0.2, 0.25) is 15.9 Å². The molecule has 0 aliphatic carbocycles. The maximum absolute atomic E-state index is 12.0. The number of likely N-dealkylation sites (N-methyl/N-ethyl adjacent to an activating group) is 1. The van der Waals surface area contributed by atoms with Gasteiger partial charge in [-0.3, -0.25) is 14.8 Å². The van der Waals surface area contributed by atoms with E-state index in [-0.39, 0.29) is 17.3 Å². The smallest absolute Gasteiger partial charge is 0.248 e. The summed E-state index contributed by atoms with van der Waals surface area (Å²) in [6.07, 6.45) is 2.75. The van der Waals surface area contributed by atoms with Crippen molar-refractivity contribution in [3.05, 3.63) is 89.2 Å². The van der Waals surface area contributed by atoms with Crippen LogP contribution < -0.4 is 10.0 Å². The number of rotatable bonds is 2. The van der Waals surface area contributed by atoms with Crippen molar-refractivity contribution in [1.82, 2.24) is 4.98 Å². The van der Waals surface area contributed by atoms with Crippen LogP contribution in [-0.4, -0.2) is 38.6 Å². The van der Waals surface area contributed by atoms with Gasteiger partial charge in [-0.15, -0.1) is 0 Å². The van der Waals surface area contributed by atoms with E-state index in [4.69, 9.17) is 16.7 Å². The summed E-state index contributed by atoms with van der Waals surface area (Å²) in [7, 11) is -1.78. The first-order valence-corrected chi connectivity index (χ1v) is 10.8. The third-order valence-electron chi connectivity index (χ3n) is 4.35. The number of benzodiazepines with no additional fused rings is 1. The van der Waals surface area contributed by atoms with Crippen LogP contribution in [0.25, 0.3) is 0 Å². The molecule has 3 aromatic rings. The van der Waals surface area contributed by atoms with Crippen molar-refractivity contribution in [2.24, 2.45) is 10.1 Å². The molecule has 30 heavy (non-hydrogen) atoms. The molecule has 0 radical (unpaired) electrons. The van der Waals surface area contributed by atoms with E-state index in [1.54, 1.807) is 18.0 Å². The SMILES string of the molecule is CN1C(=O)CN=C(c2ccccc2)c2cc(Cl)ccc21.NS(=O)(=O)c1ccncc1. The zero-order valence-corrected chi connectivity index (χ0v) is 17.6. The van der Waals surface area contributed by atoms with Crippen LogP contribution in [0, 0.1) is 0 Å². The molecule has 1 amide bonds. The lowest BCUT2D eigenvalue weighted by molar-refractivity contribution is -0.116. The van der Waals surface area contributed by atoms with E-state index in [9.17, 15) is 13.2 Å². The van der Waals surface area contributed by atoms with Crippen LogP contribution in [0.1, 0.15) is 11.1 Å². The number of nitrogens with two attached hydrogens (primary N) is 1. The highest BCUT2D eigenvalue weighted by Gasteiger charge is 2.22. The topological polar surface area (TPSA) is 106 Å². The maximum atomic E-state index is 12.0. The van der Waals surface area contributed by atoms with Crippen LogP contribution in [0.3, 0.4) is 0 Å². The normalized spacial score (nSPS) is 13.5. The largest absolute Gasteiger partial charge is 0.313 e. The summed E-state index contributed by atoms with van der Waals surface area (Å²) in [5.74, 6) is -0.0282. The molecule has 0 saturated heterocycles. The molecule has 0 bridgehead atoms. The minimum atomic E-state index is -3.54. The molecule has 0 atom stereocenters. The number of nitrogens with zero attached hydrogens (tertiary/aromatic N) is 3. The van der Waals surface area contributed by atoms with Gasteiger partial charge in [-0.2, -0.15) is 0 Å². The van der Waals surface area contributed by atoms with Gasteiger partial charge < -0.3 is 4.90 Å². The molecule has 7 nitrogen and oxygen atoms in total. The fraction of sp³-hybridized carbons (Fsp3) is 0.0952. The highest BCUT2D eigenvalue weighted by Crippen LogP contribution is 2.28. The number of hydrogen-bond acceptors (Lipinski definition) is 5. The van der Waals surface area contributed by atoms with Crippen LogP contribution in [0.5, 0.6) is 0 Å². The van der Waals surface area contributed by atoms with Crippen LogP contribution in [0.4, 0.5) is 5.69 Å². The van der Waals surface area contributed by atoms with Gasteiger partial charge in [0.05, 0.1) is 16.3 Å². The van der Waals surface area contributed by atoms with Gasteiger partial charge in [-0.25, -0.2) is 13.6 Å². The van der Waals surface area contributed by atoms with Crippen molar-refractivity contribution >= 4 is 38.9 Å². The molecule has 0 saturated carbocycles. The Bertz CT molecular complexity index is 1180. The first-order chi connectivity index (χ1) is 14.3. The Labute approximate surface area is 179 Å². The first-order valence-electron chi connectivity index (χ1n) is 8.86. The fourth-order valence-corrected chi connectivity index (χ4v) is 3.51. The predicted octanol–water partition coefficient (Wildman–Crippen LogP) is 2.88. The summed E-state index contributed by atoms with van der Waals surface area (Å²) in [5, 5.41) is 5.44. The molecule has 1 aliphatic rings. The summed E-state index contributed by atoms with van der Waals surface area (Å²) in [6, 6.07) is 18.0. The molecular weight excluding hydrogens is 424 g/mol. The molecule has 0 unspecified atom stereocenters. The molecule has 4 rings (SSSR count). The molecule has 0 fully saturated rings. The van der Waals surface area contributed by atoms with E-state index >= 15 is 0 Å². The third-order valence-corrected chi connectivity index (χ3v) is 5.51. The second kappa shape index (κ2) is 9.17. The lowest BCUT2D eigenvalue weighted by Crippen LogP contribution is -2.27. The quantitative estimate of drug-likeness (QED) is 0.658. The highest BCUT2D eigenvalue weighted by atomic mass is 35.5. The molecule has 0 spiro atoms. The maximum Gasteiger partial charge on any atom is 0.248 e. The summed E-state index contributed by atoms with van der Waals surface area (Å²) >= 11 is 6.11. The number of benzene rings is 2. The number of anilines is 1. The zero-order valence-electron chi connectivity index (χ0n) is 16.1. The summed E-state index contributed by atoms with van der Waals surface area (Å²) in [4.78, 5) is 21.9. The number of carbonyl (C=O) groups is 1. The van der Waals surface area contributed by atoms with Gasteiger partial charge in [-0.05, 0) is 30.3 Å². The van der Waals surface area contributed by atoms with E-state index < -0.39 is 10.0 Å². The Morgan fingerprint density at radius 2 is 1.70 bits per heavy atom. The van der Waals surface area contributed by atoms with Gasteiger partial charge in [0.15, 0.2) is 0 Å². The lowest BCUT2D eigenvalue weighted by Gasteiger charge is -2.18. The van der Waals surface area contributed by atoms with E-state index in [0.29, 0.717) is 5.02 Å². The van der Waals surface area contributed by atoms with Crippen LogP contribution >= 0.6 is 11.6 Å². The standard InChI is InChI=1S/C16H13ClN2O.C5H6N2O2S/c1-19-14-8-7-12(17)9-13(14)16(18-10-15(19)20)11-5-3-2-4-6-11;6-10(8,9)5-1-3-7-4-2-5/h2-9H,10H2,1H3;1-4H,(H2,6,8,9). The van der Waals surface area contributed by atoms with Gasteiger partial charge in [0, 0.05) is 35.6 Å². The lowest BCUT2D eigenvalue weighted by atomic mass is 10.0. The molecule has 2 aromatic carbocycles. The number of halogens is 1. The van der Waals surface area contributed by atoms with Gasteiger partial charge in [0.25, 0.3) is 0 Å². The number of aromatic nitrogens is 1. The van der Waals surface area contributed by atoms with E-state index in [1.165, 1.54) is 24.5 Å². The van der Waals surface area contributed by atoms with Crippen molar-refractivity contribution < 1.29 is 13.2 Å². The summed E-state index contributed by atoms with van der Waals surface area (Å²) < 4.78 is 21.2. The van der Waals surface area contributed by atoms with Crippen molar-refractivity contribution in [3.63, 3.8) is 0 Å². The summed E-state index contributed by atoms with van der Waals surface area (Å²) in [5.41, 5.74) is 3.51. The Morgan fingerprint density at radius 3 is 2.30 bits per heavy atom. The number of amides is 1. The minimum Gasteiger partial charge on any atom is -0.313 e. The van der Waals surface area contributed by atoms with Gasteiger partial charge >= 0.3 is 0 Å². The molecule has 2 heterocycles. The fourth-order valence-electron chi connectivity index (χ4n) is 2.83. The molecule has 154 valence electrons. The van der Waals surface area contributed by atoms with Crippen molar-refractivity contribution in [2.75, 3.05) is 18.5 Å². The number of fused-ring (bicyclic) bond motifs is 1. The first kappa shape index (κ1) is 21.6. The van der Waals surface area contributed by atoms with Gasteiger partial charge in [0.1, 0.15) is 6.54 Å². The average Bonchev–Trinajstić information content (AvgIpc) is 2.86. The zero-order chi connectivity index (χ0) is 21.7. The van der Waals surface area contributed by atoms with Crippen molar-refractivity contribution in [2.45, 2.75) is 4.90 Å². The monoisotopic (exact) mass is 442 g/mol. The number of carbonyl (C=O) groups excluding carboxylic acids is 1. The van der Waals surface area contributed by atoms with E-state index in [1.807, 2.05) is 42.5 Å².